The quantitative estimate of drug-likeness (QED) is 0.788. The van der Waals surface area contributed by atoms with E-state index in [-0.39, 0.29) is 17.2 Å². The topological polar surface area (TPSA) is 66.8 Å². The van der Waals surface area contributed by atoms with Crippen LogP contribution in [-0.4, -0.2) is 48.2 Å². The predicted octanol–water partition coefficient (Wildman–Crippen LogP) is 0.736. The van der Waals surface area contributed by atoms with Crippen LogP contribution in [0.15, 0.2) is 0 Å². The SMILES string of the molecule is O=C(O)C1CCC1C(=O)N1CCC2(CCOC2)C1. The fourth-order valence-corrected chi connectivity index (χ4v) is 3.42. The number of ether oxygens (including phenoxy) is 1. The van der Waals surface area contributed by atoms with Crippen LogP contribution in [0.4, 0.5) is 0 Å². The molecular formula is C13H19NO4. The monoisotopic (exact) mass is 253 g/mol. The van der Waals surface area contributed by atoms with Gasteiger partial charge in [0.05, 0.1) is 18.4 Å². The van der Waals surface area contributed by atoms with E-state index < -0.39 is 11.9 Å². The van der Waals surface area contributed by atoms with E-state index in [2.05, 4.69) is 0 Å². The summed E-state index contributed by atoms with van der Waals surface area (Å²) in [6, 6.07) is 0. The summed E-state index contributed by atoms with van der Waals surface area (Å²) in [7, 11) is 0. The van der Waals surface area contributed by atoms with Gasteiger partial charge in [-0.1, -0.05) is 0 Å². The Bertz CT molecular complexity index is 375. The number of carboxylic acid groups (broad SMARTS) is 1. The van der Waals surface area contributed by atoms with E-state index in [4.69, 9.17) is 9.84 Å². The van der Waals surface area contributed by atoms with Gasteiger partial charge in [-0.3, -0.25) is 9.59 Å². The molecule has 5 nitrogen and oxygen atoms in total. The molecule has 2 saturated heterocycles. The second kappa shape index (κ2) is 4.23. The number of hydrogen-bond acceptors (Lipinski definition) is 3. The van der Waals surface area contributed by atoms with Crippen LogP contribution in [0.25, 0.3) is 0 Å². The lowest BCUT2D eigenvalue weighted by molar-refractivity contribution is -0.156. The zero-order valence-corrected chi connectivity index (χ0v) is 10.4. The molecule has 2 heterocycles. The molecule has 18 heavy (non-hydrogen) atoms. The Kier molecular flexibility index (Phi) is 2.81. The highest BCUT2D eigenvalue weighted by molar-refractivity contribution is 5.86. The maximum absolute atomic E-state index is 12.3. The van der Waals surface area contributed by atoms with Crippen LogP contribution in [0.3, 0.4) is 0 Å². The van der Waals surface area contributed by atoms with Gasteiger partial charge in [-0.2, -0.15) is 0 Å². The van der Waals surface area contributed by atoms with Crippen molar-refractivity contribution in [3.05, 3.63) is 0 Å². The zero-order valence-electron chi connectivity index (χ0n) is 10.4. The number of likely N-dealkylation sites (tertiary alicyclic amines) is 1. The first kappa shape index (κ1) is 12.0. The van der Waals surface area contributed by atoms with E-state index in [9.17, 15) is 9.59 Å². The van der Waals surface area contributed by atoms with Crippen LogP contribution in [0, 0.1) is 17.3 Å². The Hall–Kier alpha value is -1.10. The number of hydrogen-bond donors (Lipinski definition) is 1. The van der Waals surface area contributed by atoms with Crippen molar-refractivity contribution in [2.24, 2.45) is 17.3 Å². The summed E-state index contributed by atoms with van der Waals surface area (Å²) < 4.78 is 5.44. The average Bonchev–Trinajstić information content (AvgIpc) is 2.87. The minimum absolute atomic E-state index is 0.0532. The van der Waals surface area contributed by atoms with E-state index in [0.29, 0.717) is 6.42 Å². The van der Waals surface area contributed by atoms with E-state index in [1.165, 1.54) is 0 Å². The molecule has 5 heteroatoms. The maximum atomic E-state index is 12.3. The van der Waals surface area contributed by atoms with Crippen molar-refractivity contribution in [3.63, 3.8) is 0 Å². The second-order valence-corrected chi connectivity index (χ2v) is 5.94. The van der Waals surface area contributed by atoms with Crippen molar-refractivity contribution in [2.45, 2.75) is 25.7 Å². The summed E-state index contributed by atoms with van der Waals surface area (Å²) in [4.78, 5) is 25.1. The van der Waals surface area contributed by atoms with Crippen molar-refractivity contribution < 1.29 is 19.4 Å². The molecule has 3 atom stereocenters. The summed E-state index contributed by atoms with van der Waals surface area (Å²) in [6.07, 6.45) is 3.41. The fourth-order valence-electron chi connectivity index (χ4n) is 3.42. The summed E-state index contributed by atoms with van der Waals surface area (Å²) in [5, 5.41) is 9.01. The highest BCUT2D eigenvalue weighted by atomic mass is 16.5. The van der Waals surface area contributed by atoms with Crippen LogP contribution in [0.1, 0.15) is 25.7 Å². The molecule has 0 aromatic carbocycles. The molecule has 1 N–H and O–H groups in total. The molecule has 2 aliphatic heterocycles. The van der Waals surface area contributed by atoms with Gasteiger partial charge in [0.2, 0.25) is 5.91 Å². The molecule has 0 aromatic rings. The van der Waals surface area contributed by atoms with Crippen LogP contribution in [0.5, 0.6) is 0 Å². The van der Waals surface area contributed by atoms with E-state index in [1.54, 1.807) is 0 Å². The minimum Gasteiger partial charge on any atom is -0.481 e. The number of carbonyl (C=O) groups excluding carboxylic acids is 1. The van der Waals surface area contributed by atoms with Gasteiger partial charge in [-0.25, -0.2) is 0 Å². The first-order valence-electron chi connectivity index (χ1n) is 6.71. The Morgan fingerprint density at radius 3 is 2.56 bits per heavy atom. The lowest BCUT2D eigenvalue weighted by Crippen LogP contribution is -2.46. The molecule has 3 fully saturated rings. The Morgan fingerprint density at radius 1 is 1.22 bits per heavy atom. The Labute approximate surface area is 106 Å². The molecule has 1 spiro atoms. The lowest BCUT2D eigenvalue weighted by atomic mass is 9.73. The van der Waals surface area contributed by atoms with Crippen molar-refractivity contribution in [1.82, 2.24) is 4.90 Å². The van der Waals surface area contributed by atoms with Gasteiger partial charge in [0, 0.05) is 25.1 Å². The van der Waals surface area contributed by atoms with Gasteiger partial charge in [0.15, 0.2) is 0 Å². The molecule has 1 aliphatic carbocycles. The van der Waals surface area contributed by atoms with Gasteiger partial charge in [-0.15, -0.1) is 0 Å². The van der Waals surface area contributed by atoms with Crippen molar-refractivity contribution in [3.8, 4) is 0 Å². The standard InChI is InChI=1S/C13H19NO4/c15-11(9-1-2-10(9)12(16)17)14-5-3-13(7-14)4-6-18-8-13/h9-10H,1-8H2,(H,16,17). The molecular weight excluding hydrogens is 234 g/mol. The lowest BCUT2D eigenvalue weighted by Gasteiger charge is -2.35. The number of nitrogens with zero attached hydrogens (tertiary/aromatic N) is 1. The van der Waals surface area contributed by atoms with Crippen molar-refractivity contribution in [1.29, 1.82) is 0 Å². The third-order valence-electron chi connectivity index (χ3n) is 4.84. The predicted molar refractivity (Wildman–Crippen MR) is 62.9 cm³/mol. The molecule has 3 rings (SSSR count). The van der Waals surface area contributed by atoms with Crippen molar-refractivity contribution >= 4 is 11.9 Å². The summed E-state index contributed by atoms with van der Waals surface area (Å²) in [6.45, 7) is 3.08. The number of carbonyl (C=O) groups is 2. The van der Waals surface area contributed by atoms with E-state index in [0.717, 1.165) is 45.6 Å². The molecule has 0 aromatic heterocycles. The summed E-state index contributed by atoms with van der Waals surface area (Å²) in [5.41, 5.74) is 0.165. The molecule has 1 amide bonds. The first-order chi connectivity index (χ1) is 8.61. The van der Waals surface area contributed by atoms with E-state index in [1.807, 2.05) is 4.90 Å². The first-order valence-corrected chi connectivity index (χ1v) is 6.71. The Morgan fingerprint density at radius 2 is 2.00 bits per heavy atom. The fraction of sp³-hybridized carbons (Fsp3) is 0.846. The molecule has 3 aliphatic rings. The number of amides is 1. The summed E-state index contributed by atoms with van der Waals surface area (Å²) in [5.74, 6) is -1.50. The van der Waals surface area contributed by atoms with Crippen LogP contribution < -0.4 is 0 Å². The van der Waals surface area contributed by atoms with Gasteiger partial charge in [0.25, 0.3) is 0 Å². The van der Waals surface area contributed by atoms with Gasteiger partial charge >= 0.3 is 5.97 Å². The molecule has 0 radical (unpaired) electrons. The van der Waals surface area contributed by atoms with Crippen molar-refractivity contribution in [2.75, 3.05) is 26.3 Å². The zero-order chi connectivity index (χ0) is 12.8. The maximum Gasteiger partial charge on any atom is 0.307 e. The van der Waals surface area contributed by atoms with Crippen LogP contribution in [-0.2, 0) is 14.3 Å². The number of aliphatic carboxylic acids is 1. The molecule has 1 saturated carbocycles. The normalized spacial score (nSPS) is 39.0. The van der Waals surface area contributed by atoms with Crippen LogP contribution in [0.2, 0.25) is 0 Å². The third kappa shape index (κ3) is 1.81. The highest BCUT2D eigenvalue weighted by Gasteiger charge is 2.48. The largest absolute Gasteiger partial charge is 0.481 e. The smallest absolute Gasteiger partial charge is 0.307 e. The second-order valence-electron chi connectivity index (χ2n) is 5.94. The minimum atomic E-state index is -0.822. The summed E-state index contributed by atoms with van der Waals surface area (Å²) >= 11 is 0. The van der Waals surface area contributed by atoms with E-state index >= 15 is 0 Å². The molecule has 100 valence electrons. The van der Waals surface area contributed by atoms with Gasteiger partial charge in [0.1, 0.15) is 0 Å². The number of carboxylic acids is 1. The van der Waals surface area contributed by atoms with Gasteiger partial charge < -0.3 is 14.7 Å². The molecule has 0 bridgehead atoms. The third-order valence-corrected chi connectivity index (χ3v) is 4.84. The van der Waals surface area contributed by atoms with Crippen LogP contribution >= 0.6 is 0 Å². The Balaban J connectivity index is 1.62. The number of rotatable bonds is 2. The van der Waals surface area contributed by atoms with Gasteiger partial charge in [-0.05, 0) is 25.7 Å². The molecule has 3 unspecified atom stereocenters. The average molecular weight is 253 g/mol. The highest BCUT2D eigenvalue weighted by Crippen LogP contribution is 2.41.